The van der Waals surface area contributed by atoms with Crippen molar-refractivity contribution >= 4 is 33.8 Å². The summed E-state index contributed by atoms with van der Waals surface area (Å²) in [5, 5.41) is 3.41. The molecule has 1 saturated heterocycles. The minimum atomic E-state index is -0.931. The van der Waals surface area contributed by atoms with Crippen molar-refractivity contribution in [3.63, 3.8) is 0 Å². The van der Waals surface area contributed by atoms with Crippen molar-refractivity contribution in [2.45, 2.75) is 38.1 Å². The Kier molecular flexibility index (Phi) is 4.33. The van der Waals surface area contributed by atoms with Gasteiger partial charge in [-0.05, 0) is 49.8 Å². The highest BCUT2D eigenvalue weighted by molar-refractivity contribution is 9.10. The summed E-state index contributed by atoms with van der Waals surface area (Å²) < 4.78 is 13.8. The van der Waals surface area contributed by atoms with Gasteiger partial charge in [-0.15, -0.1) is 0 Å². The van der Waals surface area contributed by atoms with Gasteiger partial charge < -0.3 is 5.32 Å². The van der Waals surface area contributed by atoms with E-state index >= 15 is 0 Å². The zero-order valence-corrected chi connectivity index (χ0v) is 14.7. The van der Waals surface area contributed by atoms with Crippen LogP contribution in [-0.4, -0.2) is 28.4 Å². The average molecular weight is 398 g/mol. The molecule has 2 N–H and O–H groups in total. The van der Waals surface area contributed by atoms with Crippen molar-refractivity contribution in [3.8, 4) is 0 Å². The number of nitrogens with one attached hydrogen (secondary N) is 2. The van der Waals surface area contributed by atoms with Crippen LogP contribution in [-0.2, 0) is 4.79 Å². The highest BCUT2D eigenvalue weighted by Crippen LogP contribution is 2.35. The van der Waals surface area contributed by atoms with Gasteiger partial charge in [0, 0.05) is 10.0 Å². The van der Waals surface area contributed by atoms with Gasteiger partial charge in [0.25, 0.3) is 11.8 Å². The molecule has 1 heterocycles. The minimum absolute atomic E-state index is 0.0145. The van der Waals surface area contributed by atoms with Crippen LogP contribution in [0.25, 0.3) is 0 Å². The van der Waals surface area contributed by atoms with Crippen LogP contribution in [0.5, 0.6) is 0 Å². The maximum Gasteiger partial charge on any atom is 0.344 e. The van der Waals surface area contributed by atoms with E-state index in [-0.39, 0.29) is 5.56 Å². The summed E-state index contributed by atoms with van der Waals surface area (Å²) in [4.78, 5) is 37.0. The molecule has 128 valence electrons. The summed E-state index contributed by atoms with van der Waals surface area (Å²) >= 11 is 3.10. The summed E-state index contributed by atoms with van der Waals surface area (Å²) in [7, 11) is 0. The van der Waals surface area contributed by atoms with E-state index in [9.17, 15) is 18.8 Å². The molecule has 6 nitrogen and oxygen atoms in total. The normalized spacial score (nSPS) is 26.6. The number of hydrogen-bond donors (Lipinski definition) is 2. The fraction of sp³-hybridized carbons (Fsp3) is 0.438. The first-order valence-corrected chi connectivity index (χ1v) is 8.54. The van der Waals surface area contributed by atoms with E-state index in [2.05, 4.69) is 33.6 Å². The van der Waals surface area contributed by atoms with E-state index in [1.807, 2.05) is 0 Å². The Bertz CT molecular complexity index is 696. The average Bonchev–Trinajstić information content (AvgIpc) is 2.74. The molecule has 2 aliphatic rings. The second kappa shape index (κ2) is 6.16. The number of nitrogens with zero attached hydrogens (tertiary/aromatic N) is 1. The fourth-order valence-electron chi connectivity index (χ4n) is 3.17. The standard InChI is InChI=1S/C16H17BrFN3O3/c1-9-2-4-16(5-3-9)14(23)21(15(24)19-16)20-13(22)10-6-11(17)8-12(18)7-10/h6-9H,2-5H2,1H3,(H,19,24)(H,20,22). The quantitative estimate of drug-likeness (QED) is 0.753. The van der Waals surface area contributed by atoms with E-state index < -0.39 is 29.2 Å². The van der Waals surface area contributed by atoms with E-state index in [1.54, 1.807) is 0 Å². The molecule has 1 spiro atoms. The molecule has 1 saturated carbocycles. The van der Waals surface area contributed by atoms with Crippen LogP contribution in [0.1, 0.15) is 43.0 Å². The van der Waals surface area contributed by atoms with Crippen LogP contribution in [0.4, 0.5) is 9.18 Å². The van der Waals surface area contributed by atoms with Crippen LogP contribution in [0.2, 0.25) is 0 Å². The first-order chi connectivity index (χ1) is 11.3. The van der Waals surface area contributed by atoms with Crippen molar-refractivity contribution in [1.29, 1.82) is 0 Å². The Hall–Kier alpha value is -1.96. The van der Waals surface area contributed by atoms with Crippen molar-refractivity contribution < 1.29 is 18.8 Å². The Labute approximate surface area is 146 Å². The molecule has 1 aliphatic heterocycles. The molecule has 1 aliphatic carbocycles. The highest BCUT2D eigenvalue weighted by atomic mass is 79.9. The monoisotopic (exact) mass is 397 g/mol. The smallest absolute Gasteiger partial charge is 0.322 e. The fourth-order valence-corrected chi connectivity index (χ4v) is 3.63. The molecule has 1 aromatic rings. The zero-order valence-electron chi connectivity index (χ0n) is 13.1. The van der Waals surface area contributed by atoms with Gasteiger partial charge in [0.2, 0.25) is 0 Å². The summed E-state index contributed by atoms with van der Waals surface area (Å²) in [6.45, 7) is 2.11. The number of amides is 4. The van der Waals surface area contributed by atoms with Gasteiger partial charge in [-0.1, -0.05) is 22.9 Å². The molecule has 8 heteroatoms. The summed E-state index contributed by atoms with van der Waals surface area (Å²) in [5.41, 5.74) is 1.36. The van der Waals surface area contributed by atoms with Gasteiger partial charge >= 0.3 is 6.03 Å². The molecule has 2 fully saturated rings. The van der Waals surface area contributed by atoms with Gasteiger partial charge in [0.1, 0.15) is 11.4 Å². The Morgan fingerprint density at radius 3 is 2.62 bits per heavy atom. The van der Waals surface area contributed by atoms with Crippen molar-refractivity contribution in [2.75, 3.05) is 0 Å². The van der Waals surface area contributed by atoms with Crippen molar-refractivity contribution in [3.05, 3.63) is 34.1 Å². The molecule has 3 rings (SSSR count). The second-order valence-corrected chi connectivity index (χ2v) is 7.35. The third-order valence-electron chi connectivity index (χ3n) is 4.63. The lowest BCUT2D eigenvalue weighted by atomic mass is 9.77. The van der Waals surface area contributed by atoms with Crippen LogP contribution < -0.4 is 10.7 Å². The first kappa shape index (κ1) is 16.9. The zero-order chi connectivity index (χ0) is 17.5. The lowest BCUT2D eigenvalue weighted by molar-refractivity contribution is -0.134. The molecular formula is C16H17BrFN3O3. The highest BCUT2D eigenvalue weighted by Gasteiger charge is 2.52. The van der Waals surface area contributed by atoms with E-state index in [0.717, 1.165) is 18.9 Å². The molecule has 0 atom stereocenters. The lowest BCUT2D eigenvalue weighted by Gasteiger charge is -2.33. The molecular weight excluding hydrogens is 381 g/mol. The maximum absolute atomic E-state index is 13.4. The molecule has 0 aromatic heterocycles. The number of imide groups is 1. The molecule has 1 aromatic carbocycles. The van der Waals surface area contributed by atoms with E-state index in [1.165, 1.54) is 12.1 Å². The lowest BCUT2D eigenvalue weighted by Crippen LogP contribution is -2.51. The predicted molar refractivity (Wildman–Crippen MR) is 87.3 cm³/mol. The molecule has 0 unspecified atom stereocenters. The number of hydrogen-bond acceptors (Lipinski definition) is 3. The number of carbonyl (C=O) groups is 3. The summed E-state index contributed by atoms with van der Waals surface area (Å²) in [6, 6.07) is 3.01. The third-order valence-corrected chi connectivity index (χ3v) is 5.09. The Balaban J connectivity index is 1.76. The number of rotatable bonds is 2. The SMILES string of the molecule is CC1CCC2(CC1)NC(=O)N(NC(=O)c1cc(F)cc(Br)c1)C2=O. The minimum Gasteiger partial charge on any atom is -0.322 e. The van der Waals surface area contributed by atoms with Gasteiger partial charge in [0.05, 0.1) is 0 Å². The number of benzene rings is 1. The maximum atomic E-state index is 13.4. The Morgan fingerprint density at radius 1 is 1.33 bits per heavy atom. The van der Waals surface area contributed by atoms with Crippen LogP contribution in [0.3, 0.4) is 0 Å². The van der Waals surface area contributed by atoms with Crippen LogP contribution >= 0.6 is 15.9 Å². The number of hydrazine groups is 1. The molecule has 0 radical (unpaired) electrons. The number of carbonyl (C=O) groups excluding carboxylic acids is 3. The van der Waals surface area contributed by atoms with Gasteiger partial charge in [-0.2, -0.15) is 5.01 Å². The van der Waals surface area contributed by atoms with Crippen LogP contribution in [0.15, 0.2) is 22.7 Å². The summed E-state index contributed by atoms with van der Waals surface area (Å²) in [5.74, 6) is -1.26. The third kappa shape index (κ3) is 3.02. The van der Waals surface area contributed by atoms with Gasteiger partial charge in [-0.25, -0.2) is 9.18 Å². The first-order valence-electron chi connectivity index (χ1n) is 7.74. The summed E-state index contributed by atoms with van der Waals surface area (Å²) in [6.07, 6.45) is 2.78. The largest absolute Gasteiger partial charge is 0.344 e. The van der Waals surface area contributed by atoms with Gasteiger partial charge in [0.15, 0.2) is 0 Å². The molecule has 24 heavy (non-hydrogen) atoms. The van der Waals surface area contributed by atoms with Crippen molar-refractivity contribution in [2.24, 2.45) is 5.92 Å². The Morgan fingerprint density at radius 2 is 2.00 bits per heavy atom. The predicted octanol–water partition coefficient (Wildman–Crippen LogP) is 2.73. The van der Waals surface area contributed by atoms with Crippen molar-refractivity contribution in [1.82, 2.24) is 15.8 Å². The van der Waals surface area contributed by atoms with E-state index in [0.29, 0.717) is 28.2 Å². The van der Waals surface area contributed by atoms with E-state index in [4.69, 9.17) is 0 Å². The second-order valence-electron chi connectivity index (χ2n) is 6.43. The van der Waals surface area contributed by atoms with Gasteiger partial charge in [-0.3, -0.25) is 15.0 Å². The number of halogens is 2. The topological polar surface area (TPSA) is 78.5 Å². The molecule has 0 bridgehead atoms. The number of urea groups is 1. The van der Waals surface area contributed by atoms with Crippen LogP contribution in [0, 0.1) is 11.7 Å². The molecule has 4 amide bonds.